The highest BCUT2D eigenvalue weighted by molar-refractivity contribution is 6.35. The molecule has 0 amide bonds. The standard InChI is InChI=1S/C16H18Cl2N4O3/c1-8(10-5-4-9(17)6-11(10)18)20-7-12(23)13-14(19)21(2)16(25)22(3)15(13)24/h4-6,8,20H,7,19H2,1-3H3. The van der Waals surface area contributed by atoms with E-state index in [-0.39, 0.29) is 24.0 Å². The Morgan fingerprint density at radius 1 is 1.24 bits per heavy atom. The Morgan fingerprint density at radius 2 is 1.88 bits per heavy atom. The lowest BCUT2D eigenvalue weighted by Crippen LogP contribution is -2.43. The number of nitrogen functional groups attached to an aromatic ring is 1. The van der Waals surface area contributed by atoms with E-state index in [9.17, 15) is 14.4 Å². The highest BCUT2D eigenvalue weighted by Gasteiger charge is 2.21. The summed E-state index contributed by atoms with van der Waals surface area (Å²) in [6.07, 6.45) is 0. The van der Waals surface area contributed by atoms with Gasteiger partial charge >= 0.3 is 5.69 Å². The number of anilines is 1. The van der Waals surface area contributed by atoms with E-state index in [0.29, 0.717) is 10.0 Å². The molecule has 1 unspecified atom stereocenters. The largest absolute Gasteiger partial charge is 0.384 e. The van der Waals surface area contributed by atoms with Crippen molar-refractivity contribution in [3.05, 3.63) is 60.2 Å². The zero-order chi connectivity index (χ0) is 18.9. The molecule has 1 heterocycles. The number of nitrogens with zero attached hydrogens (tertiary/aromatic N) is 2. The van der Waals surface area contributed by atoms with Crippen LogP contribution < -0.4 is 22.3 Å². The van der Waals surface area contributed by atoms with Crippen LogP contribution in [0.5, 0.6) is 0 Å². The van der Waals surface area contributed by atoms with Gasteiger partial charge in [-0.25, -0.2) is 4.79 Å². The van der Waals surface area contributed by atoms with Gasteiger partial charge in [0, 0.05) is 30.2 Å². The third-order valence-corrected chi connectivity index (χ3v) is 4.55. The van der Waals surface area contributed by atoms with Crippen molar-refractivity contribution in [2.45, 2.75) is 13.0 Å². The Hall–Kier alpha value is -2.09. The van der Waals surface area contributed by atoms with Gasteiger partial charge in [0.15, 0.2) is 5.78 Å². The predicted octanol–water partition coefficient (Wildman–Crippen LogP) is 1.51. The normalized spacial score (nSPS) is 12.2. The molecular formula is C16H18Cl2N4O3. The third-order valence-electron chi connectivity index (χ3n) is 3.99. The van der Waals surface area contributed by atoms with Gasteiger partial charge in [-0.05, 0) is 24.6 Å². The molecule has 0 bridgehead atoms. The number of hydrogen-bond donors (Lipinski definition) is 2. The van der Waals surface area contributed by atoms with E-state index in [1.165, 1.54) is 14.1 Å². The number of benzene rings is 1. The predicted molar refractivity (Wildman–Crippen MR) is 98.5 cm³/mol. The number of ketones is 1. The summed E-state index contributed by atoms with van der Waals surface area (Å²) in [5.41, 5.74) is 5.02. The van der Waals surface area contributed by atoms with E-state index in [4.69, 9.17) is 28.9 Å². The van der Waals surface area contributed by atoms with E-state index < -0.39 is 17.0 Å². The van der Waals surface area contributed by atoms with Crippen molar-refractivity contribution in [3.63, 3.8) is 0 Å². The van der Waals surface area contributed by atoms with E-state index >= 15 is 0 Å². The smallest absolute Gasteiger partial charge is 0.332 e. The van der Waals surface area contributed by atoms with E-state index in [0.717, 1.165) is 14.7 Å². The topological polar surface area (TPSA) is 99.1 Å². The Labute approximate surface area is 154 Å². The SMILES string of the molecule is CC(NCC(=O)c1c(N)n(C)c(=O)n(C)c1=O)c1ccc(Cl)cc1Cl. The Morgan fingerprint density at radius 3 is 2.48 bits per heavy atom. The maximum atomic E-state index is 12.5. The molecule has 25 heavy (non-hydrogen) atoms. The molecule has 0 spiro atoms. The van der Waals surface area contributed by atoms with Crippen LogP contribution in [-0.2, 0) is 14.1 Å². The number of Topliss-reactive ketones (excluding diaryl/α,β-unsaturated/α-hetero) is 1. The zero-order valence-electron chi connectivity index (χ0n) is 14.0. The molecule has 7 nitrogen and oxygen atoms in total. The number of rotatable bonds is 5. The van der Waals surface area contributed by atoms with Gasteiger partial charge < -0.3 is 11.1 Å². The molecule has 134 valence electrons. The van der Waals surface area contributed by atoms with Crippen LogP contribution in [0.15, 0.2) is 27.8 Å². The van der Waals surface area contributed by atoms with Crippen molar-refractivity contribution in [3.8, 4) is 0 Å². The molecule has 0 aliphatic carbocycles. The number of halogens is 2. The van der Waals surface area contributed by atoms with Crippen LogP contribution in [0.2, 0.25) is 10.0 Å². The highest BCUT2D eigenvalue weighted by Crippen LogP contribution is 2.26. The monoisotopic (exact) mass is 384 g/mol. The summed E-state index contributed by atoms with van der Waals surface area (Å²) in [7, 11) is 2.70. The molecule has 0 saturated heterocycles. The summed E-state index contributed by atoms with van der Waals surface area (Å²) in [6.45, 7) is 1.68. The minimum Gasteiger partial charge on any atom is -0.384 e. The quantitative estimate of drug-likeness (QED) is 0.761. The van der Waals surface area contributed by atoms with Crippen molar-refractivity contribution >= 4 is 34.8 Å². The van der Waals surface area contributed by atoms with Crippen molar-refractivity contribution < 1.29 is 4.79 Å². The summed E-state index contributed by atoms with van der Waals surface area (Å²) in [5.74, 6) is -0.664. The maximum absolute atomic E-state index is 12.5. The molecule has 0 aliphatic heterocycles. The molecule has 1 atom stereocenters. The van der Waals surface area contributed by atoms with Crippen LogP contribution in [0.4, 0.5) is 5.82 Å². The van der Waals surface area contributed by atoms with Crippen LogP contribution in [-0.4, -0.2) is 21.5 Å². The second-order valence-electron chi connectivity index (χ2n) is 5.66. The van der Waals surface area contributed by atoms with Crippen molar-refractivity contribution in [2.24, 2.45) is 14.1 Å². The number of carbonyl (C=O) groups is 1. The highest BCUT2D eigenvalue weighted by atomic mass is 35.5. The fourth-order valence-electron chi connectivity index (χ4n) is 2.42. The molecule has 1 aromatic carbocycles. The first-order valence-corrected chi connectivity index (χ1v) is 8.17. The van der Waals surface area contributed by atoms with Gasteiger partial charge in [-0.2, -0.15) is 0 Å². The first-order valence-electron chi connectivity index (χ1n) is 7.42. The van der Waals surface area contributed by atoms with Crippen molar-refractivity contribution in [2.75, 3.05) is 12.3 Å². The fraction of sp³-hybridized carbons (Fsp3) is 0.312. The van der Waals surface area contributed by atoms with E-state index in [1.807, 2.05) is 6.92 Å². The first kappa shape index (κ1) is 19.2. The molecule has 0 radical (unpaired) electrons. The van der Waals surface area contributed by atoms with Gasteiger partial charge in [-0.1, -0.05) is 29.3 Å². The average molecular weight is 385 g/mol. The Balaban J connectivity index is 2.24. The van der Waals surface area contributed by atoms with E-state index in [2.05, 4.69) is 5.32 Å². The first-order chi connectivity index (χ1) is 11.6. The summed E-state index contributed by atoms with van der Waals surface area (Å²) >= 11 is 12.0. The molecule has 3 N–H and O–H groups in total. The molecule has 0 aliphatic rings. The van der Waals surface area contributed by atoms with E-state index in [1.54, 1.807) is 18.2 Å². The summed E-state index contributed by atoms with van der Waals surface area (Å²) < 4.78 is 1.91. The lowest BCUT2D eigenvalue weighted by molar-refractivity contribution is 0.0986. The van der Waals surface area contributed by atoms with Gasteiger partial charge in [0.05, 0.1) is 6.54 Å². The summed E-state index contributed by atoms with van der Waals surface area (Å²) in [4.78, 5) is 36.4. The molecule has 0 fully saturated rings. The molecule has 2 aromatic rings. The van der Waals surface area contributed by atoms with Crippen LogP contribution >= 0.6 is 23.2 Å². The van der Waals surface area contributed by atoms with Gasteiger partial charge in [-0.15, -0.1) is 0 Å². The number of nitrogens with one attached hydrogen (secondary N) is 1. The molecular weight excluding hydrogens is 367 g/mol. The second-order valence-corrected chi connectivity index (χ2v) is 6.50. The van der Waals surface area contributed by atoms with Gasteiger partial charge in [0.2, 0.25) is 0 Å². The maximum Gasteiger partial charge on any atom is 0.332 e. The zero-order valence-corrected chi connectivity index (χ0v) is 15.5. The lowest BCUT2D eigenvalue weighted by atomic mass is 10.1. The minimum absolute atomic E-state index is 0.141. The average Bonchev–Trinajstić information content (AvgIpc) is 2.56. The lowest BCUT2D eigenvalue weighted by Gasteiger charge is -2.16. The Bertz CT molecular complexity index is 950. The third kappa shape index (κ3) is 3.78. The fourth-order valence-corrected chi connectivity index (χ4v) is 2.99. The molecule has 9 heteroatoms. The number of aromatic nitrogens is 2. The molecule has 1 aromatic heterocycles. The second kappa shape index (κ2) is 7.43. The van der Waals surface area contributed by atoms with Gasteiger partial charge in [-0.3, -0.25) is 18.7 Å². The van der Waals surface area contributed by atoms with Crippen LogP contribution in [0.1, 0.15) is 28.9 Å². The molecule has 0 saturated carbocycles. The molecule has 2 rings (SSSR count). The Kier molecular flexibility index (Phi) is 5.72. The van der Waals surface area contributed by atoms with Crippen LogP contribution in [0, 0.1) is 0 Å². The van der Waals surface area contributed by atoms with Crippen LogP contribution in [0.3, 0.4) is 0 Å². The van der Waals surface area contributed by atoms with Gasteiger partial charge in [0.1, 0.15) is 11.4 Å². The summed E-state index contributed by atoms with van der Waals surface area (Å²) in [6, 6.07) is 4.81. The van der Waals surface area contributed by atoms with Gasteiger partial charge in [0.25, 0.3) is 5.56 Å². The van der Waals surface area contributed by atoms with Crippen molar-refractivity contribution in [1.82, 2.24) is 14.5 Å². The van der Waals surface area contributed by atoms with Crippen LogP contribution in [0.25, 0.3) is 0 Å². The number of nitrogens with two attached hydrogens (primary N) is 1. The number of hydrogen-bond acceptors (Lipinski definition) is 5. The number of carbonyl (C=O) groups excluding carboxylic acids is 1. The minimum atomic E-state index is -0.718. The summed E-state index contributed by atoms with van der Waals surface area (Å²) in [5, 5.41) is 3.98. The van der Waals surface area contributed by atoms with Crippen molar-refractivity contribution in [1.29, 1.82) is 0 Å².